The van der Waals surface area contributed by atoms with Gasteiger partial charge in [0.15, 0.2) is 0 Å². The lowest BCUT2D eigenvalue weighted by molar-refractivity contribution is 0.695. The first-order chi connectivity index (χ1) is 8.67. The van der Waals surface area contributed by atoms with Crippen molar-refractivity contribution in [2.75, 3.05) is 11.4 Å². The number of pyridine rings is 1. The highest BCUT2D eigenvalue weighted by molar-refractivity contribution is 5.86. The van der Waals surface area contributed by atoms with E-state index in [-0.39, 0.29) is 0 Å². The van der Waals surface area contributed by atoms with Crippen molar-refractivity contribution in [3.05, 3.63) is 35.9 Å². The van der Waals surface area contributed by atoms with Gasteiger partial charge in [0.1, 0.15) is 5.82 Å². The summed E-state index contributed by atoms with van der Waals surface area (Å²) in [6, 6.07) is 12.3. The summed E-state index contributed by atoms with van der Waals surface area (Å²) in [4.78, 5) is 6.84. The topological polar surface area (TPSA) is 39.9 Å². The number of hydrogen-bond acceptors (Lipinski definition) is 3. The Kier molecular flexibility index (Phi) is 3.47. The van der Waals surface area contributed by atoms with E-state index >= 15 is 0 Å². The molecular formula is C15H17N3. The second kappa shape index (κ2) is 5.05. The molecule has 3 nitrogen and oxygen atoms in total. The highest BCUT2D eigenvalue weighted by atomic mass is 15.2. The molecule has 0 N–H and O–H groups in total. The largest absolute Gasteiger partial charge is 0.354 e. The molecule has 1 aromatic carbocycles. The summed E-state index contributed by atoms with van der Waals surface area (Å²) in [5, 5.41) is 10.2. The van der Waals surface area contributed by atoms with Crippen molar-refractivity contribution in [1.29, 1.82) is 5.26 Å². The summed E-state index contributed by atoms with van der Waals surface area (Å²) < 4.78 is 0. The van der Waals surface area contributed by atoms with Gasteiger partial charge in [-0.25, -0.2) is 4.98 Å². The molecule has 0 unspecified atom stereocenters. The van der Waals surface area contributed by atoms with Crippen LogP contribution >= 0.6 is 0 Å². The van der Waals surface area contributed by atoms with Crippen molar-refractivity contribution in [2.45, 2.75) is 26.8 Å². The number of hydrogen-bond donors (Lipinski definition) is 0. The zero-order chi connectivity index (χ0) is 13.1. The van der Waals surface area contributed by atoms with Crippen LogP contribution in [-0.4, -0.2) is 17.6 Å². The minimum absolute atomic E-state index is 0.371. The smallest absolute Gasteiger partial charge is 0.130 e. The fourth-order valence-electron chi connectivity index (χ4n) is 2.19. The third-order valence-corrected chi connectivity index (χ3v) is 3.08. The monoisotopic (exact) mass is 239 g/mol. The summed E-state index contributed by atoms with van der Waals surface area (Å²) in [7, 11) is 0. The van der Waals surface area contributed by atoms with Crippen LogP contribution in [0.1, 0.15) is 26.3 Å². The predicted molar refractivity (Wildman–Crippen MR) is 74.6 cm³/mol. The molecule has 0 fully saturated rings. The van der Waals surface area contributed by atoms with Crippen LogP contribution in [0.4, 0.5) is 5.82 Å². The van der Waals surface area contributed by atoms with E-state index < -0.39 is 0 Å². The van der Waals surface area contributed by atoms with Crippen molar-refractivity contribution in [3.63, 3.8) is 0 Å². The molecule has 2 aromatic rings. The van der Waals surface area contributed by atoms with Gasteiger partial charge in [-0.15, -0.1) is 0 Å². The number of fused-ring (bicyclic) bond motifs is 1. The van der Waals surface area contributed by atoms with Crippen LogP contribution in [0.25, 0.3) is 10.9 Å². The predicted octanol–water partition coefficient (Wildman–Crippen LogP) is 3.34. The van der Waals surface area contributed by atoms with E-state index in [1.807, 2.05) is 30.3 Å². The van der Waals surface area contributed by atoms with Gasteiger partial charge in [0.2, 0.25) is 0 Å². The van der Waals surface area contributed by atoms with E-state index in [2.05, 4.69) is 36.7 Å². The minimum atomic E-state index is 0.371. The van der Waals surface area contributed by atoms with Crippen molar-refractivity contribution >= 4 is 16.7 Å². The molecule has 0 aliphatic carbocycles. The molecule has 0 atom stereocenters. The second-order valence-corrected chi connectivity index (χ2v) is 4.54. The zero-order valence-corrected chi connectivity index (χ0v) is 11.0. The molecule has 0 aliphatic heterocycles. The molecule has 3 heteroatoms. The summed E-state index contributed by atoms with van der Waals surface area (Å²) in [5.74, 6) is 0.878. The quantitative estimate of drug-likeness (QED) is 0.824. The fourth-order valence-corrected chi connectivity index (χ4v) is 2.19. The van der Waals surface area contributed by atoms with Crippen LogP contribution in [0.5, 0.6) is 0 Å². The molecule has 0 amide bonds. The number of rotatable bonds is 3. The summed E-state index contributed by atoms with van der Waals surface area (Å²) in [6.07, 6.45) is 0. The number of benzene rings is 1. The maximum absolute atomic E-state index is 9.26. The number of nitriles is 1. The van der Waals surface area contributed by atoms with Crippen LogP contribution in [0, 0.1) is 11.3 Å². The molecule has 18 heavy (non-hydrogen) atoms. The Hall–Kier alpha value is -2.08. The molecule has 1 aromatic heterocycles. The first kappa shape index (κ1) is 12.4. The molecule has 0 spiro atoms. The third kappa shape index (κ3) is 2.14. The van der Waals surface area contributed by atoms with Gasteiger partial charge in [0, 0.05) is 18.0 Å². The molecule has 92 valence electrons. The molecular weight excluding hydrogens is 222 g/mol. The van der Waals surface area contributed by atoms with Crippen molar-refractivity contribution < 1.29 is 0 Å². The number of anilines is 1. The number of aromatic nitrogens is 1. The molecule has 0 aliphatic rings. The van der Waals surface area contributed by atoms with Gasteiger partial charge in [-0.05, 0) is 32.9 Å². The Bertz CT molecular complexity index is 596. The molecule has 0 saturated heterocycles. The molecule has 0 saturated carbocycles. The second-order valence-electron chi connectivity index (χ2n) is 4.54. The van der Waals surface area contributed by atoms with E-state index in [0.717, 1.165) is 23.3 Å². The SMILES string of the molecule is CCN(c1cc(C#N)c2ccccc2n1)C(C)C. The third-order valence-electron chi connectivity index (χ3n) is 3.08. The van der Waals surface area contributed by atoms with Crippen LogP contribution in [0.15, 0.2) is 30.3 Å². The minimum Gasteiger partial charge on any atom is -0.354 e. The maximum atomic E-state index is 9.26. The van der Waals surface area contributed by atoms with Gasteiger partial charge in [0.25, 0.3) is 0 Å². The Balaban J connectivity index is 2.64. The Morgan fingerprint density at radius 3 is 2.67 bits per heavy atom. The van der Waals surface area contributed by atoms with Gasteiger partial charge in [0.05, 0.1) is 17.1 Å². The van der Waals surface area contributed by atoms with E-state index in [0.29, 0.717) is 11.6 Å². The summed E-state index contributed by atoms with van der Waals surface area (Å²) >= 11 is 0. The first-order valence-electron chi connectivity index (χ1n) is 6.24. The lowest BCUT2D eigenvalue weighted by atomic mass is 10.1. The lowest BCUT2D eigenvalue weighted by Crippen LogP contribution is -2.31. The molecule has 2 rings (SSSR count). The molecule has 1 heterocycles. The highest BCUT2D eigenvalue weighted by Gasteiger charge is 2.12. The average Bonchev–Trinajstić information content (AvgIpc) is 2.38. The highest BCUT2D eigenvalue weighted by Crippen LogP contribution is 2.23. The number of nitrogens with zero attached hydrogens (tertiary/aromatic N) is 3. The summed E-state index contributed by atoms with van der Waals surface area (Å²) in [5.41, 5.74) is 1.57. The van der Waals surface area contributed by atoms with Crippen molar-refractivity contribution in [2.24, 2.45) is 0 Å². The van der Waals surface area contributed by atoms with Crippen LogP contribution in [0.3, 0.4) is 0 Å². The van der Waals surface area contributed by atoms with Crippen molar-refractivity contribution in [3.8, 4) is 6.07 Å². The van der Waals surface area contributed by atoms with Crippen molar-refractivity contribution in [1.82, 2.24) is 4.98 Å². The van der Waals surface area contributed by atoms with E-state index in [4.69, 9.17) is 0 Å². The zero-order valence-electron chi connectivity index (χ0n) is 11.0. The van der Waals surface area contributed by atoms with Gasteiger partial charge in [-0.2, -0.15) is 5.26 Å². The molecule has 0 bridgehead atoms. The number of para-hydroxylation sites is 1. The average molecular weight is 239 g/mol. The van der Waals surface area contributed by atoms with Crippen LogP contribution < -0.4 is 4.90 Å². The van der Waals surface area contributed by atoms with Gasteiger partial charge >= 0.3 is 0 Å². The Morgan fingerprint density at radius 1 is 1.33 bits per heavy atom. The Labute approximate surface area is 108 Å². The lowest BCUT2D eigenvalue weighted by Gasteiger charge is -2.26. The Morgan fingerprint density at radius 2 is 2.06 bits per heavy atom. The van der Waals surface area contributed by atoms with E-state index in [9.17, 15) is 5.26 Å². The van der Waals surface area contributed by atoms with E-state index in [1.165, 1.54) is 0 Å². The van der Waals surface area contributed by atoms with Crippen LogP contribution in [0.2, 0.25) is 0 Å². The fraction of sp³-hybridized carbons (Fsp3) is 0.333. The van der Waals surface area contributed by atoms with E-state index in [1.54, 1.807) is 0 Å². The van der Waals surface area contributed by atoms with Gasteiger partial charge in [-0.3, -0.25) is 0 Å². The van der Waals surface area contributed by atoms with Crippen LogP contribution in [-0.2, 0) is 0 Å². The standard InChI is InChI=1S/C15H17N3/c1-4-18(11(2)3)15-9-12(10-16)13-7-5-6-8-14(13)17-15/h5-9,11H,4H2,1-3H3. The maximum Gasteiger partial charge on any atom is 0.130 e. The van der Waals surface area contributed by atoms with Gasteiger partial charge < -0.3 is 4.90 Å². The first-order valence-corrected chi connectivity index (χ1v) is 6.24. The normalized spacial score (nSPS) is 10.6. The summed E-state index contributed by atoms with van der Waals surface area (Å²) in [6.45, 7) is 7.25. The van der Waals surface area contributed by atoms with Gasteiger partial charge in [-0.1, -0.05) is 18.2 Å². The molecule has 0 radical (unpaired) electrons.